The maximum absolute atomic E-state index is 10.8. The molecule has 3 rings (SSSR count). The number of aliphatic hydroxyl groups excluding tert-OH is 1. The number of amides is 1. The predicted octanol–water partition coefficient (Wildman–Crippen LogP) is 4.38. The molecule has 1 saturated carbocycles. The summed E-state index contributed by atoms with van der Waals surface area (Å²) in [6.45, 7) is 7.46. The van der Waals surface area contributed by atoms with Gasteiger partial charge in [-0.05, 0) is 73.0 Å². The van der Waals surface area contributed by atoms with Crippen LogP contribution in [0, 0.1) is 5.92 Å². The minimum absolute atomic E-state index is 0.143. The molecule has 0 heterocycles. The number of nitrogens with two attached hydrogens (primary N) is 1. The van der Waals surface area contributed by atoms with Crippen molar-refractivity contribution >= 4 is 12.1 Å². The molecule has 2 aromatic carbocycles. The van der Waals surface area contributed by atoms with Crippen molar-refractivity contribution < 1.29 is 9.90 Å². The minimum atomic E-state index is -0.143. The van der Waals surface area contributed by atoms with E-state index < -0.39 is 0 Å². The van der Waals surface area contributed by atoms with Gasteiger partial charge < -0.3 is 21.1 Å². The normalized spacial score (nSPS) is 18.0. The molecule has 4 N–H and O–H groups in total. The van der Waals surface area contributed by atoms with E-state index in [2.05, 4.69) is 48.3 Å². The van der Waals surface area contributed by atoms with E-state index in [-0.39, 0.29) is 6.10 Å². The van der Waals surface area contributed by atoms with E-state index in [1.807, 2.05) is 19.1 Å². The number of carbonyl (C=O) groups excluding carboxylic acids is 1. The number of hydrogen-bond acceptors (Lipinski definition) is 4. The van der Waals surface area contributed by atoms with Crippen molar-refractivity contribution in [2.75, 3.05) is 18.9 Å². The number of carbonyl (C=O) groups is 1. The summed E-state index contributed by atoms with van der Waals surface area (Å²) in [6, 6.07) is 16.6. The van der Waals surface area contributed by atoms with Gasteiger partial charge in [-0.1, -0.05) is 43.8 Å². The molecule has 0 radical (unpaired) electrons. The van der Waals surface area contributed by atoms with Crippen LogP contribution < -0.4 is 11.1 Å². The van der Waals surface area contributed by atoms with Crippen molar-refractivity contribution in [2.45, 2.75) is 45.3 Å². The van der Waals surface area contributed by atoms with Crippen LogP contribution in [0.4, 0.5) is 5.69 Å². The lowest BCUT2D eigenvalue weighted by Crippen LogP contribution is -2.21. The summed E-state index contributed by atoms with van der Waals surface area (Å²) < 4.78 is 0. The number of rotatable bonds is 7. The van der Waals surface area contributed by atoms with Crippen molar-refractivity contribution in [1.82, 2.24) is 4.90 Å². The summed E-state index contributed by atoms with van der Waals surface area (Å²) in [5.74, 6) is 0.430. The SMILES string of the molecule is C=C(Nc1ccc(-c2cccc(CN(C)C=O)c2)cc1)C1CCC(O)CC1.CCN. The minimum Gasteiger partial charge on any atom is -0.393 e. The van der Waals surface area contributed by atoms with Crippen molar-refractivity contribution in [2.24, 2.45) is 11.7 Å². The molecule has 162 valence electrons. The van der Waals surface area contributed by atoms with Crippen LogP contribution in [0.15, 0.2) is 60.8 Å². The van der Waals surface area contributed by atoms with Gasteiger partial charge in [-0.3, -0.25) is 4.79 Å². The molecule has 0 spiro atoms. The number of aliphatic hydroxyl groups is 1. The van der Waals surface area contributed by atoms with Crippen molar-refractivity contribution in [3.8, 4) is 11.1 Å². The molecule has 5 heteroatoms. The lowest BCUT2D eigenvalue weighted by molar-refractivity contribution is -0.117. The molecule has 0 bridgehead atoms. The molecule has 1 aliphatic carbocycles. The summed E-state index contributed by atoms with van der Waals surface area (Å²) >= 11 is 0. The average Bonchev–Trinajstić information content (AvgIpc) is 2.75. The van der Waals surface area contributed by atoms with Gasteiger partial charge in [0.2, 0.25) is 6.41 Å². The lowest BCUT2D eigenvalue weighted by atomic mass is 9.85. The molecule has 0 atom stereocenters. The molecule has 0 aromatic heterocycles. The lowest BCUT2D eigenvalue weighted by Gasteiger charge is -2.27. The average molecular weight is 410 g/mol. The van der Waals surface area contributed by atoms with E-state index in [1.54, 1.807) is 11.9 Å². The second-order valence-corrected chi connectivity index (χ2v) is 7.86. The smallest absolute Gasteiger partial charge is 0.209 e. The van der Waals surface area contributed by atoms with E-state index in [9.17, 15) is 9.90 Å². The molecule has 1 aliphatic rings. The molecule has 1 amide bonds. The Morgan fingerprint density at radius 1 is 1.17 bits per heavy atom. The Morgan fingerprint density at radius 2 is 1.80 bits per heavy atom. The summed E-state index contributed by atoms with van der Waals surface area (Å²) in [5, 5.41) is 13.1. The first-order valence-corrected chi connectivity index (χ1v) is 10.7. The fourth-order valence-electron chi connectivity index (χ4n) is 3.63. The van der Waals surface area contributed by atoms with Gasteiger partial charge in [-0.15, -0.1) is 0 Å². The van der Waals surface area contributed by atoms with Crippen molar-refractivity contribution in [3.05, 3.63) is 66.4 Å². The summed E-state index contributed by atoms with van der Waals surface area (Å²) in [4.78, 5) is 12.4. The summed E-state index contributed by atoms with van der Waals surface area (Å²) in [6.07, 6.45) is 4.41. The van der Waals surface area contributed by atoms with Crippen LogP contribution in [0.5, 0.6) is 0 Å². The Kier molecular flexibility index (Phi) is 9.58. The number of nitrogens with zero attached hydrogens (tertiary/aromatic N) is 1. The van der Waals surface area contributed by atoms with Crippen LogP contribution >= 0.6 is 0 Å². The van der Waals surface area contributed by atoms with E-state index in [0.717, 1.165) is 66.7 Å². The Bertz CT molecular complexity index is 796. The maximum atomic E-state index is 10.8. The van der Waals surface area contributed by atoms with Crippen LogP contribution in [0.25, 0.3) is 11.1 Å². The molecule has 1 fully saturated rings. The standard InChI is InChI=1S/C23H28N2O2.C2H7N/c1-17(19-8-12-23(27)13-9-19)24-22-10-6-20(7-11-22)21-5-3-4-18(14-21)15-25(2)16-26;1-2-3/h3-7,10-11,14,16,19,23-24,27H,1,8-9,12-13,15H2,2H3;2-3H2,1H3. The maximum Gasteiger partial charge on any atom is 0.209 e. The number of nitrogens with one attached hydrogen (secondary N) is 1. The third-order valence-corrected chi connectivity index (χ3v) is 5.25. The van der Waals surface area contributed by atoms with Gasteiger partial charge in [0.05, 0.1) is 6.10 Å². The molecule has 5 nitrogen and oxygen atoms in total. The number of anilines is 1. The summed E-state index contributed by atoms with van der Waals surface area (Å²) in [5.41, 5.74) is 10.3. The van der Waals surface area contributed by atoms with Crippen LogP contribution in [-0.4, -0.2) is 36.1 Å². The van der Waals surface area contributed by atoms with Crippen LogP contribution in [0.2, 0.25) is 0 Å². The number of hydrogen-bond donors (Lipinski definition) is 3. The van der Waals surface area contributed by atoms with Crippen LogP contribution in [0.3, 0.4) is 0 Å². The van der Waals surface area contributed by atoms with Crippen molar-refractivity contribution in [3.63, 3.8) is 0 Å². The first-order chi connectivity index (χ1) is 14.5. The highest BCUT2D eigenvalue weighted by molar-refractivity contribution is 5.67. The number of benzene rings is 2. The monoisotopic (exact) mass is 409 g/mol. The first-order valence-electron chi connectivity index (χ1n) is 10.7. The molecule has 0 unspecified atom stereocenters. The zero-order valence-electron chi connectivity index (χ0n) is 18.2. The topological polar surface area (TPSA) is 78.6 Å². The zero-order chi connectivity index (χ0) is 21.9. The highest BCUT2D eigenvalue weighted by Crippen LogP contribution is 2.30. The quantitative estimate of drug-likeness (QED) is 0.593. The van der Waals surface area contributed by atoms with Gasteiger partial charge in [-0.2, -0.15) is 0 Å². The van der Waals surface area contributed by atoms with Gasteiger partial charge in [0.1, 0.15) is 0 Å². The second-order valence-electron chi connectivity index (χ2n) is 7.86. The van der Waals surface area contributed by atoms with E-state index in [0.29, 0.717) is 12.5 Å². The molecule has 30 heavy (non-hydrogen) atoms. The predicted molar refractivity (Wildman–Crippen MR) is 125 cm³/mol. The van der Waals surface area contributed by atoms with Gasteiger partial charge in [0.25, 0.3) is 0 Å². The van der Waals surface area contributed by atoms with Gasteiger partial charge in [0, 0.05) is 25.0 Å². The Hall–Kier alpha value is -2.63. The third-order valence-electron chi connectivity index (χ3n) is 5.25. The Morgan fingerprint density at radius 3 is 2.40 bits per heavy atom. The Balaban J connectivity index is 0.00000101. The van der Waals surface area contributed by atoms with Crippen LogP contribution in [-0.2, 0) is 11.3 Å². The largest absolute Gasteiger partial charge is 0.393 e. The molecule has 0 aliphatic heterocycles. The van der Waals surface area contributed by atoms with Gasteiger partial charge in [0.15, 0.2) is 0 Å². The van der Waals surface area contributed by atoms with Gasteiger partial charge >= 0.3 is 0 Å². The fourth-order valence-corrected chi connectivity index (χ4v) is 3.63. The molecule has 0 saturated heterocycles. The Labute approximate surface area is 180 Å². The molecular weight excluding hydrogens is 374 g/mol. The van der Waals surface area contributed by atoms with Crippen molar-refractivity contribution in [1.29, 1.82) is 0 Å². The third kappa shape index (κ3) is 7.32. The highest BCUT2D eigenvalue weighted by Gasteiger charge is 2.21. The van der Waals surface area contributed by atoms with Crippen LogP contribution in [0.1, 0.15) is 38.2 Å². The van der Waals surface area contributed by atoms with Gasteiger partial charge in [-0.25, -0.2) is 0 Å². The zero-order valence-corrected chi connectivity index (χ0v) is 18.2. The molecular formula is C25H35N3O2. The first kappa shape index (κ1) is 23.6. The highest BCUT2D eigenvalue weighted by atomic mass is 16.3. The molecule has 2 aromatic rings. The van der Waals surface area contributed by atoms with E-state index >= 15 is 0 Å². The fraction of sp³-hybridized carbons (Fsp3) is 0.400. The van der Waals surface area contributed by atoms with E-state index in [1.165, 1.54) is 0 Å². The summed E-state index contributed by atoms with van der Waals surface area (Å²) in [7, 11) is 1.78. The number of allylic oxidation sites excluding steroid dienone is 1. The van der Waals surface area contributed by atoms with E-state index in [4.69, 9.17) is 5.73 Å². The second kappa shape index (κ2) is 12.2.